The van der Waals surface area contributed by atoms with E-state index in [2.05, 4.69) is 0 Å². The molecule has 2 rings (SSSR count). The first-order valence-corrected chi connectivity index (χ1v) is 6.22. The van der Waals surface area contributed by atoms with E-state index < -0.39 is 17.7 Å². The average molecular weight is 283 g/mol. The fourth-order valence-electron chi connectivity index (χ4n) is 1.98. The van der Waals surface area contributed by atoms with Crippen molar-refractivity contribution in [3.8, 4) is 0 Å². The SMILES string of the molecule is Cc1cc(Cl)cc(C(O)Cc2cc(F)ccc2F)c1. The largest absolute Gasteiger partial charge is 0.388 e. The predicted octanol–water partition coefficient (Wildman–Crippen LogP) is 4.20. The van der Waals surface area contributed by atoms with E-state index in [1.165, 1.54) is 0 Å². The fourth-order valence-corrected chi connectivity index (χ4v) is 2.28. The zero-order chi connectivity index (χ0) is 14.0. The van der Waals surface area contributed by atoms with E-state index in [-0.39, 0.29) is 12.0 Å². The second kappa shape index (κ2) is 5.68. The van der Waals surface area contributed by atoms with E-state index in [0.717, 1.165) is 23.8 Å². The number of benzene rings is 2. The van der Waals surface area contributed by atoms with Crippen LogP contribution in [0.5, 0.6) is 0 Å². The van der Waals surface area contributed by atoms with Gasteiger partial charge in [0, 0.05) is 11.4 Å². The third-order valence-electron chi connectivity index (χ3n) is 2.87. The van der Waals surface area contributed by atoms with Crippen LogP contribution < -0.4 is 0 Å². The monoisotopic (exact) mass is 282 g/mol. The molecular weight excluding hydrogens is 270 g/mol. The highest BCUT2D eigenvalue weighted by Crippen LogP contribution is 2.24. The maximum Gasteiger partial charge on any atom is 0.126 e. The molecule has 0 aliphatic heterocycles. The standard InChI is InChI=1S/C15H13ClF2O/c1-9-4-11(6-12(16)5-9)15(19)8-10-7-13(17)2-3-14(10)18/h2-7,15,19H,8H2,1H3. The van der Waals surface area contributed by atoms with E-state index >= 15 is 0 Å². The lowest BCUT2D eigenvalue weighted by atomic mass is 9.99. The van der Waals surface area contributed by atoms with Crippen molar-refractivity contribution in [2.45, 2.75) is 19.4 Å². The van der Waals surface area contributed by atoms with Crippen molar-refractivity contribution in [3.05, 3.63) is 69.7 Å². The van der Waals surface area contributed by atoms with Crippen molar-refractivity contribution >= 4 is 11.6 Å². The second-order valence-electron chi connectivity index (χ2n) is 4.52. The van der Waals surface area contributed by atoms with Gasteiger partial charge in [0.15, 0.2) is 0 Å². The molecular formula is C15H13ClF2O. The van der Waals surface area contributed by atoms with Crippen molar-refractivity contribution in [1.29, 1.82) is 0 Å². The minimum atomic E-state index is -0.923. The van der Waals surface area contributed by atoms with Gasteiger partial charge in [-0.1, -0.05) is 17.7 Å². The van der Waals surface area contributed by atoms with Gasteiger partial charge in [-0.25, -0.2) is 8.78 Å². The molecule has 0 saturated heterocycles. The summed E-state index contributed by atoms with van der Waals surface area (Å²) in [6.45, 7) is 1.85. The number of halogens is 3. The first-order valence-electron chi connectivity index (χ1n) is 5.85. The van der Waals surface area contributed by atoms with Gasteiger partial charge in [0.25, 0.3) is 0 Å². The summed E-state index contributed by atoms with van der Waals surface area (Å²) in [4.78, 5) is 0. The molecule has 0 aliphatic rings. The molecule has 0 saturated carbocycles. The van der Waals surface area contributed by atoms with Crippen LogP contribution in [0, 0.1) is 18.6 Å². The normalized spacial score (nSPS) is 12.5. The van der Waals surface area contributed by atoms with Crippen molar-refractivity contribution in [2.75, 3.05) is 0 Å². The average Bonchev–Trinajstić information content (AvgIpc) is 2.32. The summed E-state index contributed by atoms with van der Waals surface area (Å²) in [5.74, 6) is -1.05. The molecule has 0 aliphatic carbocycles. The maximum absolute atomic E-state index is 13.5. The molecule has 0 fully saturated rings. The molecule has 2 aromatic carbocycles. The van der Waals surface area contributed by atoms with E-state index in [4.69, 9.17) is 11.6 Å². The molecule has 0 spiro atoms. The van der Waals surface area contributed by atoms with Crippen molar-refractivity contribution in [1.82, 2.24) is 0 Å². The molecule has 0 radical (unpaired) electrons. The number of hydrogen-bond donors (Lipinski definition) is 1. The predicted molar refractivity (Wildman–Crippen MR) is 71.2 cm³/mol. The number of rotatable bonds is 3. The molecule has 1 unspecified atom stereocenters. The van der Waals surface area contributed by atoms with Crippen LogP contribution in [-0.4, -0.2) is 5.11 Å². The molecule has 0 aromatic heterocycles. The summed E-state index contributed by atoms with van der Waals surface area (Å²) in [7, 11) is 0. The van der Waals surface area contributed by atoms with E-state index in [1.54, 1.807) is 18.2 Å². The van der Waals surface area contributed by atoms with Crippen LogP contribution in [0.1, 0.15) is 22.8 Å². The quantitative estimate of drug-likeness (QED) is 0.894. The fraction of sp³-hybridized carbons (Fsp3) is 0.200. The van der Waals surface area contributed by atoms with Gasteiger partial charge in [0.2, 0.25) is 0 Å². The van der Waals surface area contributed by atoms with Crippen LogP contribution >= 0.6 is 11.6 Å². The van der Waals surface area contributed by atoms with Crippen LogP contribution in [-0.2, 0) is 6.42 Å². The van der Waals surface area contributed by atoms with Gasteiger partial charge in [-0.3, -0.25) is 0 Å². The van der Waals surface area contributed by atoms with Crippen molar-refractivity contribution < 1.29 is 13.9 Å². The van der Waals surface area contributed by atoms with E-state index in [0.29, 0.717) is 10.6 Å². The van der Waals surface area contributed by atoms with Gasteiger partial charge >= 0.3 is 0 Å². The molecule has 1 atom stereocenters. The Hall–Kier alpha value is -1.45. The van der Waals surface area contributed by atoms with Gasteiger partial charge < -0.3 is 5.11 Å². The van der Waals surface area contributed by atoms with Crippen LogP contribution in [0.3, 0.4) is 0 Å². The Morgan fingerprint density at radius 1 is 1.16 bits per heavy atom. The lowest BCUT2D eigenvalue weighted by Crippen LogP contribution is -2.04. The summed E-state index contributed by atoms with van der Waals surface area (Å²) < 4.78 is 26.6. The third-order valence-corrected chi connectivity index (χ3v) is 3.09. The Balaban J connectivity index is 2.25. The Kier molecular flexibility index (Phi) is 4.17. The Morgan fingerprint density at radius 3 is 2.58 bits per heavy atom. The zero-order valence-corrected chi connectivity index (χ0v) is 11.1. The highest BCUT2D eigenvalue weighted by atomic mass is 35.5. The first kappa shape index (κ1) is 14.0. The minimum absolute atomic E-state index is 0.00335. The lowest BCUT2D eigenvalue weighted by molar-refractivity contribution is 0.177. The number of aryl methyl sites for hydroxylation is 1. The van der Waals surface area contributed by atoms with Gasteiger partial charge in [0.1, 0.15) is 11.6 Å². The molecule has 0 bridgehead atoms. The summed E-state index contributed by atoms with van der Waals surface area (Å²) >= 11 is 5.91. The molecule has 1 nitrogen and oxygen atoms in total. The molecule has 2 aromatic rings. The Labute approximate surface area is 115 Å². The molecule has 19 heavy (non-hydrogen) atoms. The lowest BCUT2D eigenvalue weighted by Gasteiger charge is -2.13. The molecule has 4 heteroatoms. The highest BCUT2D eigenvalue weighted by Gasteiger charge is 2.13. The van der Waals surface area contributed by atoms with Crippen LogP contribution in [0.25, 0.3) is 0 Å². The van der Waals surface area contributed by atoms with E-state index in [1.807, 2.05) is 6.92 Å². The summed E-state index contributed by atoms with van der Waals surface area (Å²) in [5.41, 5.74) is 1.64. The van der Waals surface area contributed by atoms with E-state index in [9.17, 15) is 13.9 Å². The third kappa shape index (κ3) is 3.52. The Bertz CT molecular complexity index is 578. The van der Waals surface area contributed by atoms with Crippen LogP contribution in [0.15, 0.2) is 36.4 Å². The maximum atomic E-state index is 13.5. The molecule has 0 amide bonds. The zero-order valence-electron chi connectivity index (χ0n) is 10.3. The topological polar surface area (TPSA) is 20.2 Å². The van der Waals surface area contributed by atoms with Crippen molar-refractivity contribution in [3.63, 3.8) is 0 Å². The molecule has 1 N–H and O–H groups in total. The second-order valence-corrected chi connectivity index (χ2v) is 4.95. The molecule has 100 valence electrons. The van der Waals surface area contributed by atoms with Gasteiger partial charge in [-0.05, 0) is 53.9 Å². The summed E-state index contributed by atoms with van der Waals surface area (Å²) in [6, 6.07) is 8.36. The van der Waals surface area contributed by atoms with Crippen LogP contribution in [0.2, 0.25) is 5.02 Å². The van der Waals surface area contributed by atoms with Gasteiger partial charge in [0.05, 0.1) is 6.10 Å². The smallest absolute Gasteiger partial charge is 0.126 e. The summed E-state index contributed by atoms with van der Waals surface area (Å²) in [5, 5.41) is 10.6. The Morgan fingerprint density at radius 2 is 1.89 bits per heavy atom. The van der Waals surface area contributed by atoms with Crippen LogP contribution in [0.4, 0.5) is 8.78 Å². The number of aliphatic hydroxyl groups is 1. The number of hydrogen-bond acceptors (Lipinski definition) is 1. The van der Waals surface area contributed by atoms with Gasteiger partial charge in [-0.2, -0.15) is 0 Å². The molecule has 0 heterocycles. The minimum Gasteiger partial charge on any atom is -0.388 e. The van der Waals surface area contributed by atoms with Crippen molar-refractivity contribution in [2.24, 2.45) is 0 Å². The number of aliphatic hydroxyl groups excluding tert-OH is 1. The first-order chi connectivity index (χ1) is 8.95. The van der Waals surface area contributed by atoms with Gasteiger partial charge in [-0.15, -0.1) is 0 Å². The highest BCUT2D eigenvalue weighted by molar-refractivity contribution is 6.30. The summed E-state index contributed by atoms with van der Waals surface area (Å²) in [6.07, 6.45) is -0.919.